The van der Waals surface area contributed by atoms with E-state index in [9.17, 15) is 0 Å². The molecular formula is H5Na2OP. The van der Waals surface area contributed by atoms with Gasteiger partial charge in [0.2, 0.25) is 0 Å². The van der Waals surface area contributed by atoms with Crippen molar-refractivity contribution in [3.63, 3.8) is 0 Å². The molecule has 0 aliphatic heterocycles. The fourth-order valence-corrected chi connectivity index (χ4v) is 0. The van der Waals surface area contributed by atoms with Crippen molar-refractivity contribution in [3.05, 3.63) is 0 Å². The maximum absolute atomic E-state index is 6.92. The van der Waals surface area contributed by atoms with Gasteiger partial charge in [0.05, 0.1) is 0 Å². The Kier molecular flexibility index (Phi) is 73.4. The number of hydrogen-bond donors (Lipinski definition) is 1. The molecule has 0 aliphatic carbocycles. The quantitative estimate of drug-likeness (QED) is 0.288. The second-order valence-corrected chi connectivity index (χ2v) is 0. The van der Waals surface area contributed by atoms with E-state index in [0.29, 0.717) is 0 Å². The Hall–Kier alpha value is 2.39. The molecule has 0 saturated heterocycles. The van der Waals surface area contributed by atoms with E-state index >= 15 is 0 Å². The fourth-order valence-electron chi connectivity index (χ4n) is 0. The average molecular weight is 98.0 g/mol. The van der Waals surface area contributed by atoms with E-state index in [4.69, 9.17) is 4.89 Å². The minimum absolute atomic E-state index is 0. The summed E-state index contributed by atoms with van der Waals surface area (Å²) in [6.07, 6.45) is 0. The zero-order valence-corrected chi connectivity index (χ0v) is 2.18. The van der Waals surface area contributed by atoms with Crippen LogP contribution in [-0.2, 0) is 0 Å². The van der Waals surface area contributed by atoms with Crippen molar-refractivity contribution in [2.45, 2.75) is 0 Å². The maximum atomic E-state index is 6.92. The van der Waals surface area contributed by atoms with Gasteiger partial charge in [0, 0.05) is 0 Å². The molecule has 0 aromatic carbocycles. The number of hydrogen-bond acceptors (Lipinski definition) is 1. The second-order valence-electron chi connectivity index (χ2n) is 0. The summed E-state index contributed by atoms with van der Waals surface area (Å²) >= 11 is 0. The van der Waals surface area contributed by atoms with E-state index in [1.165, 1.54) is 9.47 Å². The molecule has 4 heteroatoms. The molecule has 0 amide bonds. The van der Waals surface area contributed by atoms with Crippen LogP contribution in [-0.4, -0.2) is 64.0 Å². The molecule has 1 atom stereocenters. The molecule has 0 aromatic rings. The van der Waals surface area contributed by atoms with Crippen molar-refractivity contribution in [3.8, 4) is 0 Å². The molecule has 4 heavy (non-hydrogen) atoms. The SMILES string of the molecule is OP.[NaH].[NaH]. The van der Waals surface area contributed by atoms with Crippen molar-refractivity contribution in [2.24, 2.45) is 0 Å². The van der Waals surface area contributed by atoms with Crippen LogP contribution in [0, 0.1) is 0 Å². The second kappa shape index (κ2) is 18.2. The summed E-state index contributed by atoms with van der Waals surface area (Å²) in [4.78, 5) is 6.92. The normalized spacial score (nSPS) is 1.50. The van der Waals surface area contributed by atoms with Gasteiger partial charge < -0.3 is 4.89 Å². The van der Waals surface area contributed by atoms with Gasteiger partial charge >= 0.3 is 59.1 Å². The van der Waals surface area contributed by atoms with E-state index in [-0.39, 0.29) is 59.1 Å². The molecule has 18 valence electrons. The fraction of sp³-hybridized carbons (Fsp3) is 0. The van der Waals surface area contributed by atoms with Gasteiger partial charge in [-0.05, 0) is 9.47 Å². The average Bonchev–Trinajstić information content (AvgIpc) is 1.00. The third-order valence-corrected chi connectivity index (χ3v) is 0. The molecule has 1 unspecified atom stereocenters. The molecule has 0 heterocycles. The van der Waals surface area contributed by atoms with Crippen LogP contribution in [0.15, 0.2) is 0 Å². The first-order chi connectivity index (χ1) is 1.00. The Bertz CT molecular complexity index is 6.00. The molecule has 0 bridgehead atoms. The van der Waals surface area contributed by atoms with Crippen molar-refractivity contribution >= 4 is 68.6 Å². The molecule has 0 rings (SSSR count). The van der Waals surface area contributed by atoms with Crippen LogP contribution in [0.5, 0.6) is 0 Å². The molecule has 0 spiro atoms. The molecule has 0 fully saturated rings. The molecule has 0 aromatic heterocycles. The zero-order chi connectivity index (χ0) is 2.00. The van der Waals surface area contributed by atoms with Crippen LogP contribution < -0.4 is 0 Å². The van der Waals surface area contributed by atoms with Crippen molar-refractivity contribution in [2.75, 3.05) is 0 Å². The summed E-state index contributed by atoms with van der Waals surface area (Å²) in [5.74, 6) is 0. The van der Waals surface area contributed by atoms with Gasteiger partial charge in [-0.1, -0.05) is 0 Å². The van der Waals surface area contributed by atoms with Gasteiger partial charge in [-0.3, -0.25) is 0 Å². The summed E-state index contributed by atoms with van der Waals surface area (Å²) in [7, 11) is 1.42. The standard InChI is InChI=1S/2Na.H3OP.2H/c;;1-2;;/h;;1H,2H2;;. The molecule has 1 N–H and O–H groups in total. The molecular weight excluding hydrogens is 93.0 g/mol. The Morgan fingerprint density at radius 1 is 1.00 bits per heavy atom. The van der Waals surface area contributed by atoms with Gasteiger partial charge in [-0.15, -0.1) is 0 Å². The first-order valence-corrected chi connectivity index (χ1v) is 0.775. The third-order valence-electron chi connectivity index (χ3n) is 0. The van der Waals surface area contributed by atoms with Gasteiger partial charge in [0.15, 0.2) is 0 Å². The van der Waals surface area contributed by atoms with Crippen LogP contribution in [0.4, 0.5) is 0 Å². The molecule has 0 saturated carbocycles. The van der Waals surface area contributed by atoms with Crippen LogP contribution in [0.2, 0.25) is 0 Å². The summed E-state index contributed by atoms with van der Waals surface area (Å²) in [6.45, 7) is 0. The third kappa shape index (κ3) is 8.83. The first-order valence-electron chi connectivity index (χ1n) is 0.258. The van der Waals surface area contributed by atoms with Crippen LogP contribution >= 0.6 is 9.47 Å². The van der Waals surface area contributed by atoms with Gasteiger partial charge in [0.25, 0.3) is 0 Å². The number of rotatable bonds is 0. The summed E-state index contributed by atoms with van der Waals surface area (Å²) in [5.41, 5.74) is 0. The summed E-state index contributed by atoms with van der Waals surface area (Å²) in [6, 6.07) is 0. The van der Waals surface area contributed by atoms with Gasteiger partial charge in [-0.25, -0.2) is 0 Å². The van der Waals surface area contributed by atoms with Gasteiger partial charge in [0.1, 0.15) is 0 Å². The van der Waals surface area contributed by atoms with E-state index in [2.05, 4.69) is 0 Å². The van der Waals surface area contributed by atoms with Crippen LogP contribution in [0.25, 0.3) is 0 Å². The van der Waals surface area contributed by atoms with Crippen molar-refractivity contribution in [1.82, 2.24) is 0 Å². The first kappa shape index (κ1) is 16.2. The summed E-state index contributed by atoms with van der Waals surface area (Å²) < 4.78 is 0. The van der Waals surface area contributed by atoms with E-state index in [1.54, 1.807) is 0 Å². The molecule has 1 nitrogen and oxygen atoms in total. The topological polar surface area (TPSA) is 20.2 Å². The zero-order valence-electron chi connectivity index (χ0n) is 1.02. The summed E-state index contributed by atoms with van der Waals surface area (Å²) in [5, 5.41) is 0. The molecule has 0 aliphatic rings. The predicted octanol–water partition coefficient (Wildman–Crippen LogP) is -1.53. The Morgan fingerprint density at radius 2 is 1.00 bits per heavy atom. The van der Waals surface area contributed by atoms with E-state index in [1.807, 2.05) is 0 Å². The predicted molar refractivity (Wildman–Crippen MR) is 26.2 cm³/mol. The van der Waals surface area contributed by atoms with Crippen LogP contribution in [0.1, 0.15) is 0 Å². The Morgan fingerprint density at radius 3 is 1.00 bits per heavy atom. The van der Waals surface area contributed by atoms with E-state index in [0.717, 1.165) is 0 Å². The Balaban J connectivity index is -0.00000000500. The molecule has 0 radical (unpaired) electrons. The van der Waals surface area contributed by atoms with E-state index < -0.39 is 0 Å². The van der Waals surface area contributed by atoms with Crippen molar-refractivity contribution in [1.29, 1.82) is 0 Å². The van der Waals surface area contributed by atoms with Gasteiger partial charge in [-0.2, -0.15) is 0 Å². The monoisotopic (exact) mass is 98.0 g/mol. The van der Waals surface area contributed by atoms with Crippen molar-refractivity contribution < 1.29 is 4.89 Å². The Labute approximate surface area is 72.4 Å². The minimum atomic E-state index is 0. The van der Waals surface area contributed by atoms with Crippen LogP contribution in [0.3, 0.4) is 0 Å².